The largest absolute Gasteiger partial charge is 0.455 e. The summed E-state index contributed by atoms with van der Waals surface area (Å²) in [6.07, 6.45) is 1.19. The lowest BCUT2D eigenvalue weighted by Gasteiger charge is -2.30. The molecule has 7 heteroatoms. The molecule has 0 saturated carbocycles. The molecule has 6 nitrogen and oxygen atoms in total. The van der Waals surface area contributed by atoms with E-state index in [0.29, 0.717) is 31.5 Å². The third-order valence-corrected chi connectivity index (χ3v) is 7.17. The third kappa shape index (κ3) is 4.77. The van der Waals surface area contributed by atoms with Gasteiger partial charge in [0.1, 0.15) is 11.5 Å². The maximum atomic E-state index is 12.8. The van der Waals surface area contributed by atoms with Gasteiger partial charge in [-0.25, -0.2) is 8.42 Å². The Kier molecular flexibility index (Phi) is 6.04. The van der Waals surface area contributed by atoms with Crippen molar-refractivity contribution < 1.29 is 22.4 Å². The number of piperidine rings is 1. The minimum atomic E-state index is -3.55. The van der Waals surface area contributed by atoms with Gasteiger partial charge >= 0.3 is 0 Å². The van der Waals surface area contributed by atoms with Crippen LogP contribution in [0, 0.1) is 5.92 Å². The van der Waals surface area contributed by atoms with Crippen LogP contribution in [0.5, 0.6) is 0 Å². The van der Waals surface area contributed by atoms with E-state index in [9.17, 15) is 18.0 Å². The fourth-order valence-electron chi connectivity index (χ4n) is 3.81. The van der Waals surface area contributed by atoms with E-state index in [2.05, 4.69) is 0 Å². The Labute approximate surface area is 181 Å². The summed E-state index contributed by atoms with van der Waals surface area (Å²) in [7, 11) is -3.55. The molecule has 160 valence electrons. The van der Waals surface area contributed by atoms with Crippen LogP contribution in [0.4, 0.5) is 0 Å². The fraction of sp³-hybridized carbons (Fsp3) is 0.250. The number of benzene rings is 2. The Morgan fingerprint density at radius 3 is 2.13 bits per heavy atom. The van der Waals surface area contributed by atoms with E-state index in [0.717, 1.165) is 0 Å². The molecule has 0 bridgehead atoms. The highest BCUT2D eigenvalue weighted by atomic mass is 32.2. The highest BCUT2D eigenvalue weighted by Crippen LogP contribution is 2.24. The van der Waals surface area contributed by atoms with Gasteiger partial charge in [-0.05, 0) is 37.1 Å². The summed E-state index contributed by atoms with van der Waals surface area (Å²) in [6.45, 7) is 0.918. The van der Waals surface area contributed by atoms with Crippen LogP contribution in [-0.2, 0) is 15.6 Å². The van der Waals surface area contributed by atoms with E-state index in [-0.39, 0.29) is 39.8 Å². The second kappa shape index (κ2) is 8.89. The molecule has 1 aromatic heterocycles. The molecule has 0 N–H and O–H groups in total. The number of carbonyl (C=O) groups is 2. The van der Waals surface area contributed by atoms with Crippen LogP contribution in [0.25, 0.3) is 0 Å². The van der Waals surface area contributed by atoms with E-state index in [1.165, 1.54) is 24.3 Å². The van der Waals surface area contributed by atoms with E-state index in [1.807, 2.05) is 30.3 Å². The number of ketones is 1. The van der Waals surface area contributed by atoms with Crippen LogP contribution in [0.3, 0.4) is 0 Å². The van der Waals surface area contributed by atoms with Crippen LogP contribution >= 0.6 is 0 Å². The lowest BCUT2D eigenvalue weighted by atomic mass is 9.89. The van der Waals surface area contributed by atoms with Crippen molar-refractivity contribution in [3.8, 4) is 0 Å². The molecule has 4 rings (SSSR count). The fourth-order valence-corrected chi connectivity index (χ4v) is 5.08. The minimum Gasteiger partial charge on any atom is -0.455 e. The molecule has 0 unspecified atom stereocenters. The van der Waals surface area contributed by atoms with Crippen LogP contribution in [0.1, 0.15) is 39.5 Å². The molecule has 2 aromatic carbocycles. The van der Waals surface area contributed by atoms with Crippen LogP contribution in [0.15, 0.2) is 82.1 Å². The number of likely N-dealkylation sites (tertiary alicyclic amines) is 1. The van der Waals surface area contributed by atoms with Crippen molar-refractivity contribution in [1.29, 1.82) is 0 Å². The zero-order chi connectivity index (χ0) is 21.8. The molecule has 0 aliphatic carbocycles. The predicted molar refractivity (Wildman–Crippen MR) is 115 cm³/mol. The maximum absolute atomic E-state index is 12.8. The molecule has 31 heavy (non-hydrogen) atoms. The van der Waals surface area contributed by atoms with Crippen molar-refractivity contribution in [1.82, 2.24) is 4.90 Å². The average Bonchev–Trinajstić information content (AvgIpc) is 3.27. The zero-order valence-corrected chi connectivity index (χ0v) is 17.8. The van der Waals surface area contributed by atoms with Crippen molar-refractivity contribution in [2.75, 3.05) is 13.1 Å². The quantitative estimate of drug-likeness (QED) is 0.545. The smallest absolute Gasteiger partial charge is 0.289 e. The van der Waals surface area contributed by atoms with E-state index in [1.54, 1.807) is 23.1 Å². The first kappa shape index (κ1) is 21.1. The zero-order valence-electron chi connectivity index (χ0n) is 16.9. The van der Waals surface area contributed by atoms with Gasteiger partial charge < -0.3 is 9.32 Å². The van der Waals surface area contributed by atoms with Crippen molar-refractivity contribution in [3.05, 3.63) is 89.9 Å². The molecular weight excluding hydrogens is 414 g/mol. The standard InChI is InChI=1S/C24H23NO5S/c26-23(18-7-3-1-4-8-18)19-13-15-25(16-14-19)24(27)22-12-11-20(30-22)17-31(28,29)21-9-5-2-6-10-21/h1-12,19H,13-17H2. The molecule has 1 saturated heterocycles. The molecule has 2 heterocycles. The summed E-state index contributed by atoms with van der Waals surface area (Å²) in [4.78, 5) is 27.3. The summed E-state index contributed by atoms with van der Waals surface area (Å²) in [5.41, 5.74) is 0.697. The van der Waals surface area contributed by atoms with E-state index < -0.39 is 9.84 Å². The van der Waals surface area contributed by atoms with Gasteiger partial charge in [0.05, 0.1) is 4.90 Å². The topological polar surface area (TPSA) is 84.7 Å². The van der Waals surface area contributed by atoms with Crippen molar-refractivity contribution in [3.63, 3.8) is 0 Å². The molecule has 0 radical (unpaired) electrons. The third-order valence-electron chi connectivity index (χ3n) is 5.52. The summed E-state index contributed by atoms with van der Waals surface area (Å²) in [5.74, 6) is -0.243. The molecule has 1 aliphatic rings. The Hall–Kier alpha value is -3.19. The highest BCUT2D eigenvalue weighted by Gasteiger charge is 2.29. The number of furan rings is 1. The van der Waals surface area contributed by atoms with Crippen molar-refractivity contribution >= 4 is 21.5 Å². The lowest BCUT2D eigenvalue weighted by molar-refractivity contribution is 0.0623. The van der Waals surface area contributed by atoms with Crippen LogP contribution < -0.4 is 0 Å². The van der Waals surface area contributed by atoms with Gasteiger partial charge in [-0.15, -0.1) is 0 Å². The van der Waals surface area contributed by atoms with Gasteiger partial charge in [-0.3, -0.25) is 9.59 Å². The van der Waals surface area contributed by atoms with Gasteiger partial charge in [0.2, 0.25) is 0 Å². The molecule has 1 amide bonds. The van der Waals surface area contributed by atoms with Crippen LogP contribution in [-0.4, -0.2) is 38.1 Å². The molecule has 0 atom stereocenters. The van der Waals surface area contributed by atoms with Gasteiger partial charge in [-0.2, -0.15) is 0 Å². The van der Waals surface area contributed by atoms with Gasteiger partial charge in [0.25, 0.3) is 5.91 Å². The predicted octanol–water partition coefficient (Wildman–Crippen LogP) is 3.99. The van der Waals surface area contributed by atoms with Gasteiger partial charge in [-0.1, -0.05) is 48.5 Å². The second-order valence-electron chi connectivity index (χ2n) is 7.63. The summed E-state index contributed by atoms with van der Waals surface area (Å²) in [6, 6.07) is 20.4. The molecule has 3 aromatic rings. The Morgan fingerprint density at radius 1 is 0.871 bits per heavy atom. The van der Waals surface area contributed by atoms with Gasteiger partial charge in [0.15, 0.2) is 21.4 Å². The highest BCUT2D eigenvalue weighted by molar-refractivity contribution is 7.90. The summed E-state index contributed by atoms with van der Waals surface area (Å²) in [5, 5.41) is 0. The summed E-state index contributed by atoms with van der Waals surface area (Å²) >= 11 is 0. The number of Topliss-reactive ketones (excluding diaryl/α,β-unsaturated/α-hetero) is 1. The molecular formula is C24H23NO5S. The number of hydrogen-bond donors (Lipinski definition) is 0. The SMILES string of the molecule is O=C(c1ccccc1)C1CCN(C(=O)c2ccc(CS(=O)(=O)c3ccccc3)o2)CC1. The number of hydrogen-bond acceptors (Lipinski definition) is 5. The lowest BCUT2D eigenvalue weighted by Crippen LogP contribution is -2.40. The van der Waals surface area contributed by atoms with Crippen molar-refractivity contribution in [2.45, 2.75) is 23.5 Å². The van der Waals surface area contributed by atoms with Crippen LogP contribution in [0.2, 0.25) is 0 Å². The number of carbonyl (C=O) groups excluding carboxylic acids is 2. The van der Waals surface area contributed by atoms with Crippen molar-refractivity contribution in [2.24, 2.45) is 5.92 Å². The number of nitrogens with zero attached hydrogens (tertiary/aromatic N) is 1. The van der Waals surface area contributed by atoms with E-state index >= 15 is 0 Å². The monoisotopic (exact) mass is 437 g/mol. The average molecular weight is 438 g/mol. The second-order valence-corrected chi connectivity index (χ2v) is 9.62. The number of amides is 1. The molecule has 1 fully saturated rings. The number of rotatable bonds is 6. The maximum Gasteiger partial charge on any atom is 0.289 e. The molecule has 1 aliphatic heterocycles. The van der Waals surface area contributed by atoms with E-state index in [4.69, 9.17) is 4.42 Å². The Bertz CT molecular complexity index is 1160. The first-order chi connectivity index (χ1) is 14.9. The minimum absolute atomic E-state index is 0.102. The summed E-state index contributed by atoms with van der Waals surface area (Å²) < 4.78 is 30.6. The van der Waals surface area contributed by atoms with Gasteiger partial charge in [0, 0.05) is 24.6 Å². The Morgan fingerprint density at radius 2 is 1.48 bits per heavy atom. The Balaban J connectivity index is 1.37. The molecule has 0 spiro atoms. The first-order valence-corrected chi connectivity index (χ1v) is 11.8. The normalized spacial score (nSPS) is 15.0. The first-order valence-electron chi connectivity index (χ1n) is 10.2. The number of sulfone groups is 1.